The highest BCUT2D eigenvalue weighted by atomic mass is 79.9. The minimum absolute atomic E-state index is 0.678. The first-order valence-corrected chi connectivity index (χ1v) is 7.52. The maximum atomic E-state index is 12.3. The van der Waals surface area contributed by atoms with Crippen LogP contribution in [0.2, 0.25) is 0 Å². The van der Waals surface area contributed by atoms with Crippen LogP contribution in [-0.4, -0.2) is 4.21 Å². The Kier molecular flexibility index (Phi) is 4.50. The summed E-state index contributed by atoms with van der Waals surface area (Å²) >= 11 is 3.40. The van der Waals surface area contributed by atoms with E-state index in [-0.39, 0.29) is 0 Å². The molecule has 0 N–H and O–H groups in total. The average molecular weight is 321 g/mol. The van der Waals surface area contributed by atoms with E-state index in [1.807, 2.05) is 67.6 Å². The monoisotopic (exact) mass is 320 g/mol. The van der Waals surface area contributed by atoms with Crippen LogP contribution in [0, 0.1) is 6.92 Å². The van der Waals surface area contributed by atoms with Gasteiger partial charge in [-0.1, -0.05) is 48.0 Å². The molecule has 0 saturated carbocycles. The van der Waals surface area contributed by atoms with Crippen LogP contribution < -0.4 is 0 Å². The van der Waals surface area contributed by atoms with Gasteiger partial charge in [-0.3, -0.25) is 0 Å². The molecule has 0 radical (unpaired) electrons. The van der Waals surface area contributed by atoms with E-state index < -0.39 is 10.8 Å². The highest BCUT2D eigenvalue weighted by molar-refractivity contribution is 9.13. The molecule has 1 atom stereocenters. The maximum Gasteiger partial charge on any atom is 0.0920 e. The third kappa shape index (κ3) is 3.40. The van der Waals surface area contributed by atoms with Crippen LogP contribution in [0.25, 0.3) is 6.08 Å². The van der Waals surface area contributed by atoms with Gasteiger partial charge < -0.3 is 0 Å². The number of hydrogen-bond donors (Lipinski definition) is 0. The summed E-state index contributed by atoms with van der Waals surface area (Å²) in [5.74, 6) is 0. The highest BCUT2D eigenvalue weighted by Crippen LogP contribution is 2.22. The van der Waals surface area contributed by atoms with Crippen molar-refractivity contribution in [1.82, 2.24) is 0 Å². The Balaban J connectivity index is 2.24. The van der Waals surface area contributed by atoms with Crippen LogP contribution in [0.15, 0.2) is 63.3 Å². The molecule has 0 aromatic heterocycles. The summed E-state index contributed by atoms with van der Waals surface area (Å²) in [6, 6.07) is 17.6. The molecule has 0 heterocycles. The van der Waals surface area contributed by atoms with E-state index in [1.54, 1.807) is 0 Å². The van der Waals surface area contributed by atoms with Gasteiger partial charge in [-0.2, -0.15) is 0 Å². The van der Waals surface area contributed by atoms with E-state index in [4.69, 9.17) is 0 Å². The summed E-state index contributed by atoms with van der Waals surface area (Å²) in [4.78, 5) is 0.805. The molecule has 3 heteroatoms. The first kappa shape index (κ1) is 13.2. The molecule has 1 nitrogen and oxygen atoms in total. The van der Waals surface area contributed by atoms with Gasteiger partial charge in [0.05, 0.1) is 14.6 Å². The second-order valence-electron chi connectivity index (χ2n) is 3.94. The van der Waals surface area contributed by atoms with Crippen molar-refractivity contribution in [3.05, 3.63) is 69.5 Å². The van der Waals surface area contributed by atoms with Crippen LogP contribution in [0.4, 0.5) is 0 Å². The van der Waals surface area contributed by atoms with Gasteiger partial charge in [0, 0.05) is 4.90 Å². The van der Waals surface area contributed by atoms with Gasteiger partial charge in [0.2, 0.25) is 0 Å². The fourth-order valence-electron chi connectivity index (χ4n) is 1.51. The van der Waals surface area contributed by atoms with Crippen LogP contribution >= 0.6 is 15.9 Å². The Morgan fingerprint density at radius 2 is 1.67 bits per heavy atom. The van der Waals surface area contributed by atoms with Crippen LogP contribution in [0.1, 0.15) is 11.1 Å². The number of hydrogen-bond acceptors (Lipinski definition) is 1. The number of aryl methyl sites for hydroxylation is 1. The Hall–Kier alpha value is -1.19. The Morgan fingerprint density at radius 1 is 1.06 bits per heavy atom. The van der Waals surface area contributed by atoms with Crippen LogP contribution in [0.5, 0.6) is 0 Å². The molecule has 0 bridgehead atoms. The molecule has 0 amide bonds. The van der Waals surface area contributed by atoms with Gasteiger partial charge in [-0.05, 0) is 46.6 Å². The molecular weight excluding hydrogens is 308 g/mol. The summed E-state index contributed by atoms with van der Waals surface area (Å²) < 4.78 is 12.9. The van der Waals surface area contributed by atoms with Crippen molar-refractivity contribution in [3.63, 3.8) is 0 Å². The lowest BCUT2D eigenvalue weighted by Gasteiger charge is -2.02. The molecule has 2 aromatic rings. The van der Waals surface area contributed by atoms with Gasteiger partial charge in [0.1, 0.15) is 0 Å². The zero-order valence-corrected chi connectivity index (χ0v) is 12.4. The van der Waals surface area contributed by atoms with Gasteiger partial charge in [-0.15, -0.1) is 0 Å². The lowest BCUT2D eigenvalue weighted by atomic mass is 10.2. The van der Waals surface area contributed by atoms with E-state index in [2.05, 4.69) is 15.9 Å². The van der Waals surface area contributed by atoms with Gasteiger partial charge in [-0.25, -0.2) is 4.21 Å². The van der Waals surface area contributed by atoms with Gasteiger partial charge in [0.25, 0.3) is 0 Å². The lowest BCUT2D eigenvalue weighted by Crippen LogP contribution is -1.90. The molecule has 0 spiro atoms. The summed E-state index contributed by atoms with van der Waals surface area (Å²) in [5.41, 5.74) is 2.20. The van der Waals surface area contributed by atoms with Crippen molar-refractivity contribution in [3.8, 4) is 0 Å². The maximum absolute atomic E-state index is 12.3. The first-order valence-electron chi connectivity index (χ1n) is 5.57. The standard InChI is InChI=1S/C15H13BrOS/c1-12-7-9-14(10-8-12)18(17)15(16)11-13-5-3-2-4-6-13/h2-11H,1H3/b15-11-. The largest absolute Gasteiger partial charge is 0.249 e. The van der Waals surface area contributed by atoms with Crippen molar-refractivity contribution in [2.75, 3.05) is 0 Å². The molecule has 2 rings (SSSR count). The normalized spacial score (nSPS) is 13.3. The van der Waals surface area contributed by atoms with Crippen LogP contribution in [0.3, 0.4) is 0 Å². The number of benzene rings is 2. The lowest BCUT2D eigenvalue weighted by molar-refractivity contribution is 0.688. The predicted octanol–water partition coefficient (Wildman–Crippen LogP) is 4.50. The molecule has 0 saturated heterocycles. The average Bonchev–Trinajstić information content (AvgIpc) is 2.40. The topological polar surface area (TPSA) is 17.1 Å². The van der Waals surface area contributed by atoms with Crippen molar-refractivity contribution in [1.29, 1.82) is 0 Å². The molecule has 0 aliphatic heterocycles. The molecule has 18 heavy (non-hydrogen) atoms. The summed E-state index contributed by atoms with van der Waals surface area (Å²) in [5, 5.41) is 0. The van der Waals surface area contributed by atoms with E-state index >= 15 is 0 Å². The zero-order chi connectivity index (χ0) is 13.0. The van der Waals surface area contributed by atoms with Crippen molar-refractivity contribution in [2.24, 2.45) is 0 Å². The molecule has 0 aliphatic carbocycles. The summed E-state index contributed by atoms with van der Waals surface area (Å²) in [7, 11) is -1.16. The van der Waals surface area contributed by atoms with Crippen molar-refractivity contribution in [2.45, 2.75) is 11.8 Å². The van der Waals surface area contributed by atoms with Gasteiger partial charge in [0.15, 0.2) is 0 Å². The minimum Gasteiger partial charge on any atom is -0.249 e. The third-order valence-corrected chi connectivity index (χ3v) is 4.78. The number of halogens is 1. The quantitative estimate of drug-likeness (QED) is 0.814. The van der Waals surface area contributed by atoms with Gasteiger partial charge >= 0.3 is 0 Å². The second kappa shape index (κ2) is 6.12. The molecular formula is C15H13BrOS. The van der Waals surface area contributed by atoms with E-state index in [1.165, 1.54) is 5.56 Å². The summed E-state index contributed by atoms with van der Waals surface area (Å²) in [6.07, 6.45) is 1.88. The minimum atomic E-state index is -1.16. The molecule has 2 aromatic carbocycles. The van der Waals surface area contributed by atoms with Crippen molar-refractivity contribution >= 4 is 32.8 Å². The second-order valence-corrected chi connectivity index (χ2v) is 6.77. The third-order valence-electron chi connectivity index (χ3n) is 2.49. The predicted molar refractivity (Wildman–Crippen MR) is 80.9 cm³/mol. The molecule has 92 valence electrons. The molecule has 1 unspecified atom stereocenters. The molecule has 0 fully saturated rings. The smallest absolute Gasteiger partial charge is 0.0920 e. The fraction of sp³-hybridized carbons (Fsp3) is 0.0667. The van der Waals surface area contributed by atoms with Crippen LogP contribution in [-0.2, 0) is 10.8 Å². The fourth-order valence-corrected chi connectivity index (χ4v) is 3.18. The SMILES string of the molecule is Cc1ccc(S(=O)/C(Br)=C\c2ccccc2)cc1. The van der Waals surface area contributed by atoms with E-state index in [9.17, 15) is 4.21 Å². The highest BCUT2D eigenvalue weighted by Gasteiger charge is 2.07. The van der Waals surface area contributed by atoms with E-state index in [0.29, 0.717) is 3.81 Å². The Morgan fingerprint density at radius 3 is 2.28 bits per heavy atom. The van der Waals surface area contributed by atoms with E-state index in [0.717, 1.165) is 10.5 Å². The Bertz CT molecular complexity index is 573. The first-order chi connectivity index (χ1) is 8.66. The summed E-state index contributed by atoms with van der Waals surface area (Å²) in [6.45, 7) is 2.02. The zero-order valence-electron chi connectivity index (χ0n) is 9.97. The Labute approximate surface area is 118 Å². The molecule has 0 aliphatic rings. The van der Waals surface area contributed by atoms with Crippen molar-refractivity contribution < 1.29 is 4.21 Å². The number of rotatable bonds is 3.